The second-order valence-corrected chi connectivity index (χ2v) is 4.94. The van der Waals surface area contributed by atoms with Crippen molar-refractivity contribution in [1.29, 1.82) is 5.41 Å². The van der Waals surface area contributed by atoms with Gasteiger partial charge in [0.1, 0.15) is 12.2 Å². The van der Waals surface area contributed by atoms with Crippen LogP contribution in [0, 0.1) is 5.41 Å². The molecule has 0 amide bonds. The Morgan fingerprint density at radius 1 is 1.08 bits per heavy atom. The number of hydrogen-bond acceptors (Lipinski definition) is 4. The number of nitrogens with two attached hydrogens (primary N) is 1. The first-order valence-corrected chi connectivity index (χ1v) is 6.72. The monoisotopic (exact) mass is 332 g/mol. The van der Waals surface area contributed by atoms with Gasteiger partial charge in [0.25, 0.3) is 0 Å². The van der Waals surface area contributed by atoms with Gasteiger partial charge >= 0.3 is 6.18 Å². The van der Waals surface area contributed by atoms with Gasteiger partial charge in [0.05, 0.1) is 17.4 Å². The third-order valence-corrected chi connectivity index (χ3v) is 3.34. The first-order valence-electron chi connectivity index (χ1n) is 6.72. The molecule has 1 aromatic carbocycles. The van der Waals surface area contributed by atoms with Crippen molar-refractivity contribution in [3.05, 3.63) is 60.4 Å². The van der Waals surface area contributed by atoms with Crippen molar-refractivity contribution in [3.8, 4) is 16.8 Å². The number of nitrogen functional groups attached to an aromatic ring is 1. The summed E-state index contributed by atoms with van der Waals surface area (Å²) in [6, 6.07) is 3.49. The largest absolute Gasteiger partial charge is 0.417 e. The number of hydrogen-bond donors (Lipinski definition) is 2. The van der Waals surface area contributed by atoms with Crippen molar-refractivity contribution in [3.63, 3.8) is 0 Å². The smallest absolute Gasteiger partial charge is 0.384 e. The van der Waals surface area contributed by atoms with Gasteiger partial charge in [0.2, 0.25) is 0 Å². The van der Waals surface area contributed by atoms with Crippen molar-refractivity contribution in [1.82, 2.24) is 19.7 Å². The lowest BCUT2D eigenvalue weighted by atomic mass is 10.1. The molecule has 0 spiro atoms. The van der Waals surface area contributed by atoms with Gasteiger partial charge in [0.15, 0.2) is 0 Å². The quantitative estimate of drug-likeness (QED) is 0.569. The van der Waals surface area contributed by atoms with Crippen LogP contribution in [0.4, 0.5) is 13.2 Å². The minimum absolute atomic E-state index is 0.204. The lowest BCUT2D eigenvalue weighted by Gasteiger charge is -2.13. The van der Waals surface area contributed by atoms with Gasteiger partial charge in [-0.25, -0.2) is 14.6 Å². The molecule has 0 radical (unpaired) electrons. The van der Waals surface area contributed by atoms with E-state index in [4.69, 9.17) is 11.1 Å². The van der Waals surface area contributed by atoms with E-state index in [1.807, 2.05) is 0 Å². The van der Waals surface area contributed by atoms with Gasteiger partial charge in [-0.3, -0.25) is 5.41 Å². The molecule has 0 saturated heterocycles. The summed E-state index contributed by atoms with van der Waals surface area (Å²) >= 11 is 0. The molecular weight excluding hydrogens is 321 g/mol. The molecule has 0 atom stereocenters. The lowest BCUT2D eigenvalue weighted by Crippen LogP contribution is -2.19. The number of alkyl halides is 3. The first kappa shape index (κ1) is 15.7. The molecular formula is C15H11F3N6. The minimum atomic E-state index is -4.62. The lowest BCUT2D eigenvalue weighted by molar-refractivity contribution is -0.137. The standard InChI is InChI=1S/C15H11F3N6/c16-15(17,18)13-3-11(1-2-12(13)14(19)20)24-7-10(6-23-24)9-4-21-8-22-5-9/h1-8H,(H3,19,20). The normalized spacial score (nSPS) is 11.5. The fraction of sp³-hybridized carbons (Fsp3) is 0.0667. The summed E-state index contributed by atoms with van der Waals surface area (Å²) in [6.07, 6.45) is 2.99. The van der Waals surface area contributed by atoms with E-state index < -0.39 is 17.6 Å². The molecule has 0 aliphatic heterocycles. The third-order valence-electron chi connectivity index (χ3n) is 3.34. The van der Waals surface area contributed by atoms with Crippen molar-refractivity contribution >= 4 is 5.84 Å². The summed E-state index contributed by atoms with van der Waals surface area (Å²) in [7, 11) is 0. The Morgan fingerprint density at radius 3 is 2.42 bits per heavy atom. The summed E-state index contributed by atoms with van der Waals surface area (Å²) < 4.78 is 40.8. The Balaban J connectivity index is 2.05. The molecule has 24 heavy (non-hydrogen) atoms. The highest BCUT2D eigenvalue weighted by Gasteiger charge is 2.34. The summed E-state index contributed by atoms with van der Waals surface area (Å²) in [5.74, 6) is -0.642. The van der Waals surface area contributed by atoms with E-state index in [-0.39, 0.29) is 11.3 Å². The van der Waals surface area contributed by atoms with Gasteiger partial charge in [-0.05, 0) is 18.2 Å². The SMILES string of the molecule is N=C(N)c1ccc(-n2cc(-c3cncnc3)cn2)cc1C(F)(F)F. The van der Waals surface area contributed by atoms with Gasteiger partial charge in [-0.15, -0.1) is 0 Å². The average molecular weight is 332 g/mol. The number of amidine groups is 1. The molecule has 0 aliphatic carbocycles. The van der Waals surface area contributed by atoms with Crippen molar-refractivity contribution in [2.75, 3.05) is 0 Å². The van der Waals surface area contributed by atoms with Crippen LogP contribution in [-0.2, 0) is 6.18 Å². The molecule has 3 aromatic rings. The highest BCUT2D eigenvalue weighted by Crippen LogP contribution is 2.33. The predicted octanol–water partition coefficient (Wildman–Crippen LogP) is 2.63. The number of nitrogens with one attached hydrogen (secondary N) is 1. The summed E-state index contributed by atoms with van der Waals surface area (Å²) in [4.78, 5) is 7.77. The van der Waals surface area contributed by atoms with E-state index in [1.54, 1.807) is 18.6 Å². The van der Waals surface area contributed by atoms with Crippen molar-refractivity contribution < 1.29 is 13.2 Å². The second kappa shape index (κ2) is 5.76. The molecule has 9 heteroatoms. The molecule has 0 saturated carbocycles. The molecule has 0 fully saturated rings. The van der Waals surface area contributed by atoms with Crippen LogP contribution in [-0.4, -0.2) is 25.6 Å². The maximum atomic E-state index is 13.2. The van der Waals surface area contributed by atoms with Gasteiger partial charge in [-0.2, -0.15) is 18.3 Å². The molecule has 0 unspecified atom stereocenters. The van der Waals surface area contributed by atoms with E-state index in [9.17, 15) is 13.2 Å². The highest BCUT2D eigenvalue weighted by molar-refractivity contribution is 5.96. The van der Waals surface area contributed by atoms with E-state index in [0.717, 1.165) is 12.1 Å². The maximum Gasteiger partial charge on any atom is 0.417 e. The Kier molecular flexibility index (Phi) is 3.76. The third kappa shape index (κ3) is 2.96. The zero-order chi connectivity index (χ0) is 17.3. The van der Waals surface area contributed by atoms with Gasteiger partial charge in [-0.1, -0.05) is 0 Å². The Morgan fingerprint density at radius 2 is 1.79 bits per heavy atom. The van der Waals surface area contributed by atoms with Gasteiger partial charge in [0, 0.05) is 35.3 Å². The summed E-state index contributed by atoms with van der Waals surface area (Å²) in [5.41, 5.74) is 5.45. The number of rotatable bonds is 3. The van der Waals surface area contributed by atoms with E-state index >= 15 is 0 Å². The van der Waals surface area contributed by atoms with Crippen LogP contribution in [0.25, 0.3) is 16.8 Å². The van der Waals surface area contributed by atoms with Crippen molar-refractivity contribution in [2.24, 2.45) is 5.73 Å². The topological polar surface area (TPSA) is 93.5 Å². The minimum Gasteiger partial charge on any atom is -0.384 e. The van der Waals surface area contributed by atoms with Crippen LogP contribution in [0.5, 0.6) is 0 Å². The van der Waals surface area contributed by atoms with Crippen LogP contribution in [0.3, 0.4) is 0 Å². The fourth-order valence-corrected chi connectivity index (χ4v) is 2.21. The van der Waals surface area contributed by atoms with Crippen molar-refractivity contribution in [2.45, 2.75) is 6.18 Å². The predicted molar refractivity (Wildman–Crippen MR) is 80.6 cm³/mol. The molecule has 6 nitrogen and oxygen atoms in total. The number of nitrogens with zero attached hydrogens (tertiary/aromatic N) is 4. The first-order chi connectivity index (χ1) is 11.4. The zero-order valence-corrected chi connectivity index (χ0v) is 12.1. The van der Waals surface area contributed by atoms with Gasteiger partial charge < -0.3 is 5.73 Å². The summed E-state index contributed by atoms with van der Waals surface area (Å²) in [5, 5.41) is 11.4. The number of benzene rings is 1. The van der Waals surface area contributed by atoms with Crippen LogP contribution in [0.2, 0.25) is 0 Å². The molecule has 2 aromatic heterocycles. The second-order valence-electron chi connectivity index (χ2n) is 4.94. The summed E-state index contributed by atoms with van der Waals surface area (Å²) in [6.45, 7) is 0. The molecule has 0 aliphatic rings. The Labute approximate surface area is 134 Å². The van der Waals surface area contributed by atoms with E-state index in [0.29, 0.717) is 11.1 Å². The van der Waals surface area contributed by atoms with Crippen LogP contribution >= 0.6 is 0 Å². The van der Waals surface area contributed by atoms with E-state index in [2.05, 4.69) is 15.1 Å². The molecule has 0 bridgehead atoms. The van der Waals surface area contributed by atoms with E-state index in [1.165, 1.54) is 23.3 Å². The van der Waals surface area contributed by atoms with Crippen LogP contribution in [0.1, 0.15) is 11.1 Å². The highest BCUT2D eigenvalue weighted by atomic mass is 19.4. The zero-order valence-electron chi connectivity index (χ0n) is 12.1. The number of aromatic nitrogens is 4. The maximum absolute atomic E-state index is 13.2. The van der Waals surface area contributed by atoms with Crippen LogP contribution < -0.4 is 5.73 Å². The Bertz CT molecular complexity index is 886. The Hall–Kier alpha value is -3.23. The molecule has 122 valence electrons. The molecule has 3 N–H and O–H groups in total. The molecule has 3 rings (SSSR count). The van der Waals surface area contributed by atoms with Crippen LogP contribution in [0.15, 0.2) is 49.3 Å². The average Bonchev–Trinajstić information content (AvgIpc) is 3.04. The number of halogens is 3. The molecule has 2 heterocycles. The fourth-order valence-electron chi connectivity index (χ4n) is 2.21.